The zero-order valence-electron chi connectivity index (χ0n) is 15.0. The maximum atomic E-state index is 12.1. The van der Waals surface area contributed by atoms with E-state index in [1.807, 2.05) is 32.0 Å². The molecule has 25 heavy (non-hydrogen) atoms. The van der Waals surface area contributed by atoms with Gasteiger partial charge in [-0.15, -0.1) is 0 Å². The van der Waals surface area contributed by atoms with Gasteiger partial charge in [-0.25, -0.2) is 4.79 Å². The summed E-state index contributed by atoms with van der Waals surface area (Å²) in [6.07, 6.45) is 2.56. The number of aliphatic hydroxyl groups excluding tert-OH is 1. The van der Waals surface area contributed by atoms with Crippen LogP contribution in [0.1, 0.15) is 11.1 Å². The van der Waals surface area contributed by atoms with Crippen molar-refractivity contribution in [1.82, 2.24) is 14.8 Å². The van der Waals surface area contributed by atoms with Gasteiger partial charge < -0.3 is 20.6 Å². The number of likely N-dealkylation sites (N-methyl/N-ethyl adjacent to an activating group) is 1. The number of hydrogen-bond donors (Lipinski definition) is 3. The lowest BCUT2D eigenvalue weighted by molar-refractivity contribution is -0.129. The molecule has 1 unspecified atom stereocenters. The zero-order valence-corrected chi connectivity index (χ0v) is 15.0. The number of benzene rings is 1. The minimum absolute atomic E-state index is 0.300. The summed E-state index contributed by atoms with van der Waals surface area (Å²) in [5.74, 6) is 0. The Labute approximate surface area is 147 Å². The van der Waals surface area contributed by atoms with Gasteiger partial charge in [-0.1, -0.05) is 12.1 Å². The Morgan fingerprint density at radius 1 is 1.40 bits per heavy atom. The summed E-state index contributed by atoms with van der Waals surface area (Å²) < 4.78 is 1.57. The van der Waals surface area contributed by atoms with Crippen molar-refractivity contribution in [2.24, 2.45) is 0 Å². The molecule has 0 bridgehead atoms. The molecule has 8 nitrogen and oxygen atoms in total. The van der Waals surface area contributed by atoms with E-state index in [1.165, 1.54) is 18.4 Å². The van der Waals surface area contributed by atoms with Crippen LogP contribution in [0.4, 0.5) is 16.2 Å². The highest BCUT2D eigenvalue weighted by molar-refractivity contribution is 6.00. The van der Waals surface area contributed by atoms with Gasteiger partial charge in [-0.3, -0.25) is 4.68 Å². The van der Waals surface area contributed by atoms with Crippen molar-refractivity contribution in [3.8, 4) is 0 Å². The maximum Gasteiger partial charge on any atom is 0.323 e. The first kappa shape index (κ1) is 18.9. The summed E-state index contributed by atoms with van der Waals surface area (Å²) in [6.45, 7) is 4.61. The van der Waals surface area contributed by atoms with Crippen LogP contribution in [0.25, 0.3) is 0 Å². The van der Waals surface area contributed by atoms with E-state index in [4.69, 9.17) is 4.84 Å². The second kappa shape index (κ2) is 8.61. The molecule has 0 radical (unpaired) electrons. The van der Waals surface area contributed by atoms with Crippen molar-refractivity contribution >= 4 is 17.4 Å². The number of nitrogens with zero attached hydrogens (tertiary/aromatic N) is 3. The van der Waals surface area contributed by atoms with Crippen molar-refractivity contribution in [3.63, 3.8) is 0 Å². The maximum absolute atomic E-state index is 12.1. The summed E-state index contributed by atoms with van der Waals surface area (Å²) in [7, 11) is 3.27. The number of nitrogens with one attached hydrogen (secondary N) is 2. The van der Waals surface area contributed by atoms with Gasteiger partial charge in [0.15, 0.2) is 0 Å². The standard InChI is InChI=1S/C17H25N5O3/c1-12-6-5-7-16(13(12)2)20-17(24)19-14-8-18-22(9-14)11-15(23)10-21(3)25-4/h5-9,15,23H,10-11H2,1-4H3,(H2,19,20,24). The third-order valence-electron chi connectivity index (χ3n) is 3.92. The molecular weight excluding hydrogens is 322 g/mol. The van der Waals surface area contributed by atoms with Gasteiger partial charge in [0.05, 0.1) is 38.2 Å². The van der Waals surface area contributed by atoms with Crippen LogP contribution < -0.4 is 10.6 Å². The van der Waals surface area contributed by atoms with Gasteiger partial charge in [-0.2, -0.15) is 10.2 Å². The van der Waals surface area contributed by atoms with Gasteiger partial charge in [0.1, 0.15) is 0 Å². The number of hydroxylamine groups is 2. The molecule has 8 heteroatoms. The number of aromatic nitrogens is 2. The Morgan fingerprint density at radius 2 is 2.16 bits per heavy atom. The molecule has 0 aliphatic rings. The Bertz CT molecular complexity index is 716. The summed E-state index contributed by atoms with van der Waals surface area (Å²) in [5, 5.41) is 21.2. The molecule has 0 saturated carbocycles. The van der Waals surface area contributed by atoms with Gasteiger partial charge >= 0.3 is 6.03 Å². The van der Waals surface area contributed by atoms with Crippen LogP contribution in [-0.2, 0) is 11.4 Å². The smallest absolute Gasteiger partial charge is 0.323 e. The third-order valence-corrected chi connectivity index (χ3v) is 3.92. The molecule has 1 heterocycles. The lowest BCUT2D eigenvalue weighted by Crippen LogP contribution is -2.31. The summed E-state index contributed by atoms with van der Waals surface area (Å²) in [5.41, 5.74) is 3.46. The predicted molar refractivity (Wildman–Crippen MR) is 96.4 cm³/mol. The van der Waals surface area contributed by atoms with E-state index in [0.717, 1.165) is 16.8 Å². The number of urea groups is 1. The normalized spacial score (nSPS) is 12.2. The van der Waals surface area contributed by atoms with Crippen LogP contribution in [0.2, 0.25) is 0 Å². The molecule has 0 spiro atoms. The number of anilines is 2. The predicted octanol–water partition coefficient (Wildman–Crippen LogP) is 2.00. The second-order valence-electron chi connectivity index (χ2n) is 5.92. The van der Waals surface area contributed by atoms with E-state index in [1.54, 1.807) is 17.9 Å². The lowest BCUT2D eigenvalue weighted by atomic mass is 10.1. The fourth-order valence-electron chi connectivity index (χ4n) is 2.34. The highest BCUT2D eigenvalue weighted by atomic mass is 16.7. The first-order chi connectivity index (χ1) is 11.9. The first-order valence-corrected chi connectivity index (χ1v) is 7.99. The van der Waals surface area contributed by atoms with Crippen LogP contribution in [0.3, 0.4) is 0 Å². The fourth-order valence-corrected chi connectivity index (χ4v) is 2.34. The van der Waals surface area contributed by atoms with E-state index >= 15 is 0 Å². The Balaban J connectivity index is 1.90. The molecule has 3 N–H and O–H groups in total. The molecule has 1 atom stereocenters. The topological polar surface area (TPSA) is 91.7 Å². The van der Waals surface area contributed by atoms with E-state index in [2.05, 4.69) is 15.7 Å². The number of aryl methyl sites for hydroxylation is 1. The van der Waals surface area contributed by atoms with Gasteiger partial charge in [0.2, 0.25) is 0 Å². The van der Waals surface area contributed by atoms with Crippen molar-refractivity contribution in [2.45, 2.75) is 26.5 Å². The summed E-state index contributed by atoms with van der Waals surface area (Å²) in [4.78, 5) is 17.1. The number of carbonyl (C=O) groups is 1. The monoisotopic (exact) mass is 347 g/mol. The van der Waals surface area contributed by atoms with Gasteiger partial charge in [0.25, 0.3) is 0 Å². The molecule has 0 saturated heterocycles. The lowest BCUT2D eigenvalue weighted by Gasteiger charge is -2.17. The second-order valence-corrected chi connectivity index (χ2v) is 5.92. The van der Waals surface area contributed by atoms with Crippen LogP contribution in [0.15, 0.2) is 30.6 Å². The largest absolute Gasteiger partial charge is 0.390 e. The summed E-state index contributed by atoms with van der Waals surface area (Å²) >= 11 is 0. The number of aliphatic hydroxyl groups is 1. The van der Waals surface area contributed by atoms with Crippen molar-refractivity contribution in [3.05, 3.63) is 41.7 Å². The van der Waals surface area contributed by atoms with Crippen molar-refractivity contribution < 1.29 is 14.7 Å². The van der Waals surface area contributed by atoms with Crippen molar-refractivity contribution in [1.29, 1.82) is 0 Å². The molecule has 2 amide bonds. The zero-order chi connectivity index (χ0) is 18.4. The van der Waals surface area contributed by atoms with E-state index in [0.29, 0.717) is 18.8 Å². The minimum Gasteiger partial charge on any atom is -0.390 e. The molecule has 2 rings (SSSR count). The average Bonchev–Trinajstić information content (AvgIpc) is 2.98. The number of rotatable bonds is 7. The van der Waals surface area contributed by atoms with Gasteiger partial charge in [-0.05, 0) is 31.0 Å². The van der Waals surface area contributed by atoms with E-state index in [-0.39, 0.29) is 6.03 Å². The Kier molecular flexibility index (Phi) is 6.51. The number of amides is 2. The minimum atomic E-state index is -0.638. The summed E-state index contributed by atoms with van der Waals surface area (Å²) in [6, 6.07) is 5.41. The highest BCUT2D eigenvalue weighted by Gasteiger charge is 2.11. The van der Waals surface area contributed by atoms with Crippen LogP contribution in [-0.4, -0.2) is 52.8 Å². The number of carbonyl (C=O) groups excluding carboxylic acids is 1. The molecule has 1 aromatic heterocycles. The van der Waals surface area contributed by atoms with E-state index in [9.17, 15) is 9.90 Å². The van der Waals surface area contributed by atoms with Crippen LogP contribution in [0.5, 0.6) is 0 Å². The average molecular weight is 347 g/mol. The Morgan fingerprint density at radius 3 is 2.88 bits per heavy atom. The molecule has 136 valence electrons. The van der Waals surface area contributed by atoms with Crippen LogP contribution in [0, 0.1) is 13.8 Å². The third kappa shape index (κ3) is 5.56. The molecule has 0 aliphatic heterocycles. The first-order valence-electron chi connectivity index (χ1n) is 7.99. The van der Waals surface area contributed by atoms with Gasteiger partial charge in [0, 0.05) is 18.9 Å². The highest BCUT2D eigenvalue weighted by Crippen LogP contribution is 2.18. The fraction of sp³-hybridized carbons (Fsp3) is 0.412. The van der Waals surface area contributed by atoms with E-state index < -0.39 is 6.10 Å². The molecule has 0 aliphatic carbocycles. The molecule has 0 fully saturated rings. The van der Waals surface area contributed by atoms with Crippen LogP contribution >= 0.6 is 0 Å². The molecule has 2 aromatic rings. The molecule has 1 aromatic carbocycles. The quantitative estimate of drug-likeness (QED) is 0.666. The SMILES string of the molecule is CON(C)CC(O)Cn1cc(NC(=O)Nc2cccc(C)c2C)cn1. The molecular formula is C17H25N5O3. The Hall–Kier alpha value is -2.42. The number of hydrogen-bond acceptors (Lipinski definition) is 5. The van der Waals surface area contributed by atoms with Crippen molar-refractivity contribution in [2.75, 3.05) is 31.3 Å².